The summed E-state index contributed by atoms with van der Waals surface area (Å²) in [6.07, 6.45) is 20.5. The zero-order valence-corrected chi connectivity index (χ0v) is 20.3. The van der Waals surface area contributed by atoms with Crippen LogP contribution in [0.25, 0.3) is 41.2 Å². The van der Waals surface area contributed by atoms with Gasteiger partial charge >= 0.3 is 0 Å². The smallest absolute Gasteiger partial charge is 0.109 e. The number of rotatable bonds is 2. The topological polar surface area (TPSA) is 24.7 Å². The van der Waals surface area contributed by atoms with Crippen molar-refractivity contribution in [2.24, 2.45) is 9.98 Å². The van der Waals surface area contributed by atoms with E-state index in [9.17, 15) is 0 Å². The zero-order chi connectivity index (χ0) is 23.7. The molecule has 0 saturated carbocycles. The van der Waals surface area contributed by atoms with Gasteiger partial charge in [0.05, 0.1) is 0 Å². The molecule has 3 aromatic rings. The molecule has 3 aromatic carbocycles. The molecule has 2 heteroatoms. The Morgan fingerprint density at radius 3 is 2.29 bits per heavy atom. The molecule has 5 rings (SSSR count). The molecule has 0 amide bonds. The van der Waals surface area contributed by atoms with Gasteiger partial charge in [-0.15, -0.1) is 0 Å². The molecule has 0 saturated heterocycles. The summed E-state index contributed by atoms with van der Waals surface area (Å²) in [4.78, 5) is 8.24. The second-order valence-corrected chi connectivity index (χ2v) is 9.52. The first kappa shape index (κ1) is 22.0. The highest BCUT2D eigenvalue weighted by Crippen LogP contribution is 2.41. The van der Waals surface area contributed by atoms with Gasteiger partial charge in [-0.1, -0.05) is 98.4 Å². The summed E-state index contributed by atoms with van der Waals surface area (Å²) in [7, 11) is 1.73. The lowest BCUT2D eigenvalue weighted by Gasteiger charge is -2.29. The Labute approximate surface area is 202 Å². The minimum absolute atomic E-state index is 0.120. The number of hydrogen-bond donors (Lipinski definition) is 0. The highest BCUT2D eigenvalue weighted by molar-refractivity contribution is 6.05. The van der Waals surface area contributed by atoms with Crippen LogP contribution in [0.4, 0.5) is 0 Å². The Kier molecular flexibility index (Phi) is 5.75. The maximum atomic E-state index is 4.29. The Morgan fingerprint density at radius 1 is 0.824 bits per heavy atom. The number of benzene rings is 3. The van der Waals surface area contributed by atoms with E-state index in [1.165, 1.54) is 49.7 Å². The first-order valence-electron chi connectivity index (χ1n) is 11.9. The van der Waals surface area contributed by atoms with Gasteiger partial charge < -0.3 is 0 Å². The van der Waals surface area contributed by atoms with Gasteiger partial charge in [0.15, 0.2) is 0 Å². The van der Waals surface area contributed by atoms with E-state index >= 15 is 0 Å². The summed E-state index contributed by atoms with van der Waals surface area (Å²) >= 11 is 0. The fraction of sp³-hybridized carbons (Fsp3) is 0.188. The van der Waals surface area contributed by atoms with Crippen molar-refractivity contribution in [1.82, 2.24) is 0 Å². The Hall–Kier alpha value is -3.78. The molecule has 0 radical (unpaired) electrons. The van der Waals surface area contributed by atoms with Crippen LogP contribution < -0.4 is 0 Å². The van der Waals surface area contributed by atoms with E-state index in [1.54, 1.807) is 13.4 Å². The van der Waals surface area contributed by atoms with Crippen LogP contribution in [-0.2, 0) is 5.41 Å². The van der Waals surface area contributed by atoms with Crippen molar-refractivity contribution in [3.63, 3.8) is 0 Å². The summed E-state index contributed by atoms with van der Waals surface area (Å²) < 4.78 is 0. The molecule has 2 aliphatic carbocycles. The molecule has 0 aromatic heterocycles. The largest absolute Gasteiger partial charge is 0.277 e. The van der Waals surface area contributed by atoms with Crippen LogP contribution in [0.2, 0.25) is 0 Å². The molecule has 34 heavy (non-hydrogen) atoms. The molecule has 0 spiro atoms. The number of allylic oxidation sites excluding steroid dienone is 3. The van der Waals surface area contributed by atoms with Gasteiger partial charge in [-0.3, -0.25) is 4.99 Å². The van der Waals surface area contributed by atoms with Crippen molar-refractivity contribution < 1.29 is 0 Å². The van der Waals surface area contributed by atoms with Gasteiger partial charge in [0.25, 0.3) is 0 Å². The summed E-state index contributed by atoms with van der Waals surface area (Å²) in [5.41, 5.74) is 10.00. The summed E-state index contributed by atoms with van der Waals surface area (Å²) in [5, 5.41) is 2.61. The van der Waals surface area contributed by atoms with Crippen LogP contribution in [0.15, 0.2) is 70.2 Å². The molecule has 0 heterocycles. The lowest BCUT2D eigenvalue weighted by molar-refractivity contribution is 0.627. The van der Waals surface area contributed by atoms with E-state index in [0.717, 1.165) is 12.0 Å². The molecule has 0 bridgehead atoms. The van der Waals surface area contributed by atoms with Crippen molar-refractivity contribution in [3.05, 3.63) is 99.1 Å². The van der Waals surface area contributed by atoms with Gasteiger partial charge in [0.1, 0.15) is 6.34 Å². The molecule has 0 fully saturated rings. The number of aliphatic imine (C=N–C) groups is 2. The number of nitrogens with zero attached hydrogens (tertiary/aromatic N) is 2. The van der Waals surface area contributed by atoms with E-state index in [1.807, 2.05) is 6.21 Å². The third-order valence-corrected chi connectivity index (χ3v) is 7.15. The second kappa shape index (κ2) is 8.87. The van der Waals surface area contributed by atoms with Crippen LogP contribution in [0, 0.1) is 0 Å². The first-order chi connectivity index (χ1) is 16.5. The van der Waals surface area contributed by atoms with Crippen LogP contribution >= 0.6 is 0 Å². The molecule has 2 nitrogen and oxygen atoms in total. The monoisotopic (exact) mass is 442 g/mol. The second-order valence-electron chi connectivity index (χ2n) is 9.52. The van der Waals surface area contributed by atoms with E-state index < -0.39 is 0 Å². The normalized spacial score (nSPS) is 19.0. The van der Waals surface area contributed by atoms with Crippen LogP contribution in [0.3, 0.4) is 0 Å². The Bertz CT molecular complexity index is 1460. The van der Waals surface area contributed by atoms with Crippen LogP contribution in [0.1, 0.15) is 66.1 Å². The molecule has 0 unspecified atom stereocenters. The SMILES string of the molecule is C/N=C\N=C\c1ccc2c(c1)/C=C/c1c3c(c4ccccc4c1/C=C(\C)C2(C)C)C=CCC=C3. The van der Waals surface area contributed by atoms with Crippen molar-refractivity contribution in [2.45, 2.75) is 32.6 Å². The Balaban J connectivity index is 1.84. The average Bonchev–Trinajstić information content (AvgIpc) is 3.08. The molecule has 0 aliphatic heterocycles. The third kappa shape index (κ3) is 3.80. The van der Waals surface area contributed by atoms with Crippen molar-refractivity contribution in [1.29, 1.82) is 0 Å². The summed E-state index contributed by atoms with van der Waals surface area (Å²) in [5.74, 6) is 0. The molecular formula is C32H30N2. The molecule has 0 N–H and O–H groups in total. The quantitative estimate of drug-likeness (QED) is 0.282. The lowest BCUT2D eigenvalue weighted by atomic mass is 9.75. The van der Waals surface area contributed by atoms with Crippen LogP contribution in [-0.4, -0.2) is 19.6 Å². The highest BCUT2D eigenvalue weighted by atomic mass is 14.8. The summed E-state index contributed by atoms with van der Waals surface area (Å²) in [6, 6.07) is 15.4. The van der Waals surface area contributed by atoms with E-state index in [-0.39, 0.29) is 5.41 Å². The standard InChI is InChI=1S/C32H30N2/c1-22-18-30-28-13-9-8-12-26(28)25-10-6-5-7-11-27(25)29(30)16-15-24-19-23(20-34-21-33-4)14-17-31(24)32(22,2)3/h6-21H,5H2,1-4H3/b16-15+,22-18+,33-21-,34-20+. The van der Waals surface area contributed by atoms with Crippen molar-refractivity contribution in [3.8, 4) is 0 Å². The maximum Gasteiger partial charge on any atom is 0.109 e. The number of hydrogen-bond acceptors (Lipinski definition) is 1. The molecular weight excluding hydrogens is 412 g/mol. The van der Waals surface area contributed by atoms with E-state index in [2.05, 4.69) is 116 Å². The van der Waals surface area contributed by atoms with Crippen molar-refractivity contribution >= 4 is 53.7 Å². The van der Waals surface area contributed by atoms with Gasteiger partial charge in [0.2, 0.25) is 0 Å². The van der Waals surface area contributed by atoms with Gasteiger partial charge in [-0.25, -0.2) is 4.99 Å². The molecule has 168 valence electrons. The number of fused-ring (bicyclic) bond motifs is 7. The Morgan fingerprint density at radius 2 is 1.53 bits per heavy atom. The van der Waals surface area contributed by atoms with Gasteiger partial charge in [0, 0.05) is 18.7 Å². The fourth-order valence-electron chi connectivity index (χ4n) is 5.01. The van der Waals surface area contributed by atoms with Gasteiger partial charge in [-0.2, -0.15) is 0 Å². The van der Waals surface area contributed by atoms with Crippen molar-refractivity contribution in [2.75, 3.05) is 7.05 Å². The van der Waals surface area contributed by atoms with Gasteiger partial charge in [-0.05, 0) is 69.1 Å². The minimum Gasteiger partial charge on any atom is -0.277 e. The first-order valence-corrected chi connectivity index (χ1v) is 11.9. The lowest BCUT2D eigenvalue weighted by Crippen LogP contribution is -2.20. The molecule has 0 atom stereocenters. The predicted octanol–water partition coefficient (Wildman–Crippen LogP) is 8.21. The third-order valence-electron chi connectivity index (χ3n) is 7.15. The maximum absolute atomic E-state index is 4.29. The zero-order valence-electron chi connectivity index (χ0n) is 20.3. The predicted molar refractivity (Wildman–Crippen MR) is 151 cm³/mol. The fourth-order valence-corrected chi connectivity index (χ4v) is 5.01. The van der Waals surface area contributed by atoms with E-state index in [0.29, 0.717) is 0 Å². The molecule has 2 aliphatic rings. The van der Waals surface area contributed by atoms with Crippen LogP contribution in [0.5, 0.6) is 0 Å². The van der Waals surface area contributed by atoms with E-state index in [4.69, 9.17) is 0 Å². The highest BCUT2D eigenvalue weighted by Gasteiger charge is 2.27. The minimum atomic E-state index is -0.120. The summed E-state index contributed by atoms with van der Waals surface area (Å²) in [6.45, 7) is 6.91. The average molecular weight is 443 g/mol.